The van der Waals surface area contributed by atoms with Gasteiger partial charge in [-0.05, 0) is 39.0 Å². The summed E-state index contributed by atoms with van der Waals surface area (Å²) < 4.78 is 0. The lowest BCUT2D eigenvalue weighted by atomic mass is 9.79. The standard InChI is InChI=1S/C10H18O2/c1-8-3-5-9(6-4-8)10(2,12)7-11/h3,9,11-12H,4-7H2,1-2H3/t9-,10-/m1/s1. The molecule has 0 saturated heterocycles. The minimum atomic E-state index is -0.892. The number of aliphatic hydroxyl groups excluding tert-OH is 1. The number of aliphatic hydroxyl groups is 2. The van der Waals surface area contributed by atoms with Gasteiger partial charge in [-0.3, -0.25) is 0 Å². The lowest BCUT2D eigenvalue weighted by molar-refractivity contribution is -0.0496. The van der Waals surface area contributed by atoms with Gasteiger partial charge in [-0.2, -0.15) is 0 Å². The molecule has 0 amide bonds. The van der Waals surface area contributed by atoms with Crippen LogP contribution >= 0.6 is 0 Å². The minimum absolute atomic E-state index is 0.134. The molecule has 70 valence electrons. The predicted octanol–water partition coefficient (Wildman–Crippen LogP) is 1.48. The molecule has 0 spiro atoms. The van der Waals surface area contributed by atoms with Crippen molar-refractivity contribution in [1.29, 1.82) is 0 Å². The fraction of sp³-hybridized carbons (Fsp3) is 0.800. The molecule has 0 radical (unpaired) electrons. The number of rotatable bonds is 2. The normalized spacial score (nSPS) is 29.3. The number of hydrogen-bond donors (Lipinski definition) is 2. The molecule has 1 aliphatic rings. The Morgan fingerprint density at radius 1 is 1.67 bits per heavy atom. The molecule has 0 bridgehead atoms. The molecule has 0 saturated carbocycles. The molecule has 0 aliphatic heterocycles. The average Bonchev–Trinajstić information content (AvgIpc) is 2.05. The summed E-state index contributed by atoms with van der Waals surface area (Å²) >= 11 is 0. The predicted molar refractivity (Wildman–Crippen MR) is 48.8 cm³/mol. The first-order valence-electron chi connectivity index (χ1n) is 4.55. The highest BCUT2D eigenvalue weighted by molar-refractivity contribution is 5.05. The molecule has 0 unspecified atom stereocenters. The maximum Gasteiger partial charge on any atom is 0.0880 e. The molecule has 2 N–H and O–H groups in total. The van der Waals surface area contributed by atoms with Gasteiger partial charge in [0.2, 0.25) is 0 Å². The maximum atomic E-state index is 9.75. The molecule has 2 heteroatoms. The van der Waals surface area contributed by atoms with Crippen molar-refractivity contribution in [3.63, 3.8) is 0 Å². The molecule has 2 atom stereocenters. The molecule has 0 aromatic rings. The Morgan fingerprint density at radius 2 is 2.33 bits per heavy atom. The van der Waals surface area contributed by atoms with E-state index in [-0.39, 0.29) is 12.5 Å². The Bertz CT molecular complexity index is 182. The molecule has 1 aliphatic carbocycles. The van der Waals surface area contributed by atoms with Crippen LogP contribution in [0.1, 0.15) is 33.1 Å². The summed E-state index contributed by atoms with van der Waals surface area (Å²) in [5, 5.41) is 18.7. The van der Waals surface area contributed by atoms with Crippen LogP contribution < -0.4 is 0 Å². The SMILES string of the molecule is CC1=CC[C@@H]([C@](C)(O)CO)CC1. The smallest absolute Gasteiger partial charge is 0.0880 e. The number of allylic oxidation sites excluding steroid dienone is 2. The van der Waals surface area contributed by atoms with Crippen LogP contribution in [0.25, 0.3) is 0 Å². The van der Waals surface area contributed by atoms with Gasteiger partial charge in [0, 0.05) is 0 Å². The quantitative estimate of drug-likeness (QED) is 0.616. The van der Waals surface area contributed by atoms with Gasteiger partial charge >= 0.3 is 0 Å². The Hall–Kier alpha value is -0.340. The van der Waals surface area contributed by atoms with E-state index in [0.29, 0.717) is 0 Å². The van der Waals surface area contributed by atoms with Crippen molar-refractivity contribution in [2.45, 2.75) is 38.7 Å². The summed E-state index contributed by atoms with van der Waals surface area (Å²) in [5.41, 5.74) is 0.511. The van der Waals surface area contributed by atoms with Crippen LogP contribution in [0.5, 0.6) is 0 Å². The first-order chi connectivity index (χ1) is 5.56. The third-order valence-corrected chi connectivity index (χ3v) is 2.84. The Balaban J connectivity index is 2.56. The highest BCUT2D eigenvalue weighted by atomic mass is 16.3. The molecule has 1 rings (SSSR count). The van der Waals surface area contributed by atoms with E-state index in [9.17, 15) is 5.11 Å². The van der Waals surface area contributed by atoms with Crippen LogP contribution in [0.15, 0.2) is 11.6 Å². The molecular weight excluding hydrogens is 152 g/mol. The average molecular weight is 170 g/mol. The third kappa shape index (κ3) is 2.08. The summed E-state index contributed by atoms with van der Waals surface area (Å²) in [7, 11) is 0. The van der Waals surface area contributed by atoms with E-state index in [2.05, 4.69) is 13.0 Å². The second-order valence-electron chi connectivity index (χ2n) is 4.04. The van der Waals surface area contributed by atoms with Crippen LogP contribution in [0, 0.1) is 5.92 Å². The van der Waals surface area contributed by atoms with Crippen molar-refractivity contribution < 1.29 is 10.2 Å². The van der Waals surface area contributed by atoms with Crippen LogP contribution in [0.2, 0.25) is 0 Å². The lowest BCUT2D eigenvalue weighted by Crippen LogP contribution is -2.39. The van der Waals surface area contributed by atoms with Crippen molar-refractivity contribution in [2.24, 2.45) is 5.92 Å². The monoisotopic (exact) mass is 170 g/mol. The number of hydrogen-bond acceptors (Lipinski definition) is 2. The largest absolute Gasteiger partial charge is 0.393 e. The van der Waals surface area contributed by atoms with Crippen molar-refractivity contribution in [3.05, 3.63) is 11.6 Å². The third-order valence-electron chi connectivity index (χ3n) is 2.84. The van der Waals surface area contributed by atoms with E-state index in [4.69, 9.17) is 5.11 Å². The summed E-state index contributed by atoms with van der Waals surface area (Å²) in [4.78, 5) is 0. The van der Waals surface area contributed by atoms with E-state index in [1.807, 2.05) is 0 Å². The second kappa shape index (κ2) is 3.58. The van der Waals surface area contributed by atoms with Gasteiger partial charge in [0.15, 0.2) is 0 Å². The topological polar surface area (TPSA) is 40.5 Å². The first kappa shape index (κ1) is 9.75. The summed E-state index contributed by atoms with van der Waals surface area (Å²) in [6, 6.07) is 0. The molecule has 0 aromatic carbocycles. The van der Waals surface area contributed by atoms with E-state index in [1.54, 1.807) is 6.92 Å². The molecule has 0 aromatic heterocycles. The Labute approximate surface area is 73.9 Å². The maximum absolute atomic E-state index is 9.75. The minimum Gasteiger partial charge on any atom is -0.393 e. The van der Waals surface area contributed by atoms with Crippen molar-refractivity contribution >= 4 is 0 Å². The summed E-state index contributed by atoms with van der Waals surface area (Å²) in [6.07, 6.45) is 5.12. The Kier molecular flexibility index (Phi) is 2.91. The molecule has 0 fully saturated rings. The molecule has 12 heavy (non-hydrogen) atoms. The van der Waals surface area contributed by atoms with E-state index in [1.165, 1.54) is 5.57 Å². The van der Waals surface area contributed by atoms with Crippen molar-refractivity contribution in [1.82, 2.24) is 0 Å². The van der Waals surface area contributed by atoms with Gasteiger partial charge in [0.25, 0.3) is 0 Å². The fourth-order valence-corrected chi connectivity index (χ4v) is 1.66. The summed E-state index contributed by atoms with van der Waals surface area (Å²) in [5.74, 6) is 0.228. The Morgan fingerprint density at radius 3 is 2.75 bits per heavy atom. The fourth-order valence-electron chi connectivity index (χ4n) is 1.66. The zero-order valence-corrected chi connectivity index (χ0v) is 7.88. The van der Waals surface area contributed by atoms with Gasteiger partial charge in [0.1, 0.15) is 0 Å². The highest BCUT2D eigenvalue weighted by Gasteiger charge is 2.31. The highest BCUT2D eigenvalue weighted by Crippen LogP contribution is 2.31. The van der Waals surface area contributed by atoms with Crippen molar-refractivity contribution in [3.8, 4) is 0 Å². The summed E-state index contributed by atoms with van der Waals surface area (Å²) in [6.45, 7) is 3.70. The van der Waals surface area contributed by atoms with E-state index < -0.39 is 5.60 Å². The van der Waals surface area contributed by atoms with Gasteiger partial charge in [-0.25, -0.2) is 0 Å². The van der Waals surface area contributed by atoms with Crippen molar-refractivity contribution in [2.75, 3.05) is 6.61 Å². The van der Waals surface area contributed by atoms with Gasteiger partial charge in [-0.1, -0.05) is 11.6 Å². The van der Waals surface area contributed by atoms with E-state index in [0.717, 1.165) is 19.3 Å². The van der Waals surface area contributed by atoms with Gasteiger partial charge in [-0.15, -0.1) is 0 Å². The van der Waals surface area contributed by atoms with E-state index >= 15 is 0 Å². The van der Waals surface area contributed by atoms with Gasteiger partial charge in [0.05, 0.1) is 12.2 Å². The van der Waals surface area contributed by atoms with Crippen LogP contribution in [-0.2, 0) is 0 Å². The van der Waals surface area contributed by atoms with Gasteiger partial charge < -0.3 is 10.2 Å². The van der Waals surface area contributed by atoms with Crippen LogP contribution in [0.4, 0.5) is 0 Å². The lowest BCUT2D eigenvalue weighted by Gasteiger charge is -2.33. The zero-order chi connectivity index (χ0) is 9.19. The second-order valence-corrected chi connectivity index (χ2v) is 4.04. The van der Waals surface area contributed by atoms with Crippen LogP contribution in [0.3, 0.4) is 0 Å². The van der Waals surface area contributed by atoms with Crippen LogP contribution in [-0.4, -0.2) is 22.4 Å². The zero-order valence-electron chi connectivity index (χ0n) is 7.88. The molecular formula is C10H18O2. The first-order valence-corrected chi connectivity index (χ1v) is 4.55. The molecule has 2 nitrogen and oxygen atoms in total. The molecule has 0 heterocycles.